The Labute approximate surface area is 125 Å². The third-order valence-electron chi connectivity index (χ3n) is 2.76. The second-order valence-electron chi connectivity index (χ2n) is 4.24. The van der Waals surface area contributed by atoms with Crippen molar-refractivity contribution in [1.29, 1.82) is 0 Å². The van der Waals surface area contributed by atoms with Crippen LogP contribution in [0.5, 0.6) is 0 Å². The van der Waals surface area contributed by atoms with Gasteiger partial charge in [-0.15, -0.1) is 0 Å². The average molecular weight is 309 g/mol. The Morgan fingerprint density at radius 2 is 1.86 bits per heavy atom. The Morgan fingerprint density at radius 3 is 2.52 bits per heavy atom. The molecule has 6 heteroatoms. The number of nitrogens with one attached hydrogen (secondary N) is 1. The number of hydrogen-bond acceptors (Lipinski definition) is 2. The van der Waals surface area contributed by atoms with Crippen molar-refractivity contribution in [2.75, 3.05) is 0 Å². The third kappa shape index (κ3) is 3.64. The molecule has 0 aliphatic heterocycles. The number of hydrogen-bond donors (Lipinski definition) is 1. The monoisotopic (exact) mass is 308 g/mol. The van der Waals surface area contributed by atoms with Crippen LogP contribution in [0.2, 0.25) is 5.02 Å². The molecule has 0 aromatic heterocycles. The van der Waals surface area contributed by atoms with Gasteiger partial charge in [-0.3, -0.25) is 4.79 Å². The lowest BCUT2D eigenvalue weighted by Gasteiger charge is -2.05. The lowest BCUT2D eigenvalue weighted by molar-refractivity contribution is 0.0955. The van der Waals surface area contributed by atoms with E-state index in [4.69, 9.17) is 11.6 Å². The van der Waals surface area contributed by atoms with Gasteiger partial charge in [0.15, 0.2) is 0 Å². The molecule has 1 N–H and O–H groups in total. The van der Waals surface area contributed by atoms with Crippen molar-refractivity contribution in [2.45, 2.75) is 6.92 Å². The number of benzene rings is 2. The van der Waals surface area contributed by atoms with Gasteiger partial charge >= 0.3 is 0 Å². The van der Waals surface area contributed by atoms with Gasteiger partial charge in [0.1, 0.15) is 11.6 Å². The standard InChI is InChI=1S/C15H11ClF2N2O/c1-9(11-7-6-10(17)8-14(11)18)19-20-15(21)12-4-2-3-5-13(12)16/h2-8H,1H3,(H,20,21)/b19-9-. The zero-order valence-corrected chi connectivity index (χ0v) is 11.8. The van der Waals surface area contributed by atoms with Gasteiger partial charge in [-0.1, -0.05) is 23.7 Å². The maximum Gasteiger partial charge on any atom is 0.272 e. The van der Waals surface area contributed by atoms with Gasteiger partial charge in [-0.25, -0.2) is 14.2 Å². The van der Waals surface area contributed by atoms with Gasteiger partial charge in [-0.2, -0.15) is 5.10 Å². The highest BCUT2D eigenvalue weighted by molar-refractivity contribution is 6.33. The quantitative estimate of drug-likeness (QED) is 0.680. The molecule has 0 bridgehead atoms. The van der Waals surface area contributed by atoms with Gasteiger partial charge in [0.05, 0.1) is 16.3 Å². The minimum atomic E-state index is -0.747. The van der Waals surface area contributed by atoms with Crippen molar-refractivity contribution in [3.63, 3.8) is 0 Å². The number of hydrazone groups is 1. The van der Waals surface area contributed by atoms with Gasteiger partial charge in [0, 0.05) is 11.6 Å². The van der Waals surface area contributed by atoms with Gasteiger partial charge in [0.25, 0.3) is 5.91 Å². The minimum absolute atomic E-state index is 0.107. The van der Waals surface area contributed by atoms with Crippen LogP contribution >= 0.6 is 11.6 Å². The number of amides is 1. The summed E-state index contributed by atoms with van der Waals surface area (Å²) in [6.45, 7) is 1.50. The largest absolute Gasteiger partial charge is 0.272 e. The fraction of sp³-hybridized carbons (Fsp3) is 0.0667. The molecule has 0 saturated carbocycles. The molecule has 2 aromatic rings. The van der Waals surface area contributed by atoms with Crippen LogP contribution in [-0.2, 0) is 0 Å². The molecule has 0 atom stereocenters. The molecule has 0 heterocycles. The molecule has 0 unspecified atom stereocenters. The predicted molar refractivity (Wildman–Crippen MR) is 77.5 cm³/mol. The molecule has 21 heavy (non-hydrogen) atoms. The molecule has 0 aliphatic rings. The molecule has 3 nitrogen and oxygen atoms in total. The van der Waals surface area contributed by atoms with Crippen LogP contribution in [0.4, 0.5) is 8.78 Å². The molecule has 0 aliphatic carbocycles. The Morgan fingerprint density at radius 1 is 1.14 bits per heavy atom. The van der Waals surface area contributed by atoms with E-state index in [9.17, 15) is 13.6 Å². The highest BCUT2D eigenvalue weighted by atomic mass is 35.5. The first-order valence-corrected chi connectivity index (χ1v) is 6.41. The summed E-state index contributed by atoms with van der Waals surface area (Å²) in [5, 5.41) is 4.09. The van der Waals surface area contributed by atoms with E-state index in [1.807, 2.05) is 0 Å². The molecule has 2 rings (SSSR count). The number of halogens is 3. The van der Waals surface area contributed by atoms with Crippen molar-refractivity contribution in [3.05, 3.63) is 70.2 Å². The van der Waals surface area contributed by atoms with Crippen LogP contribution in [0.25, 0.3) is 0 Å². The molecule has 0 fully saturated rings. The molecule has 0 saturated heterocycles. The molecular weight excluding hydrogens is 298 g/mol. The summed E-state index contributed by atoms with van der Waals surface area (Å²) in [7, 11) is 0. The smallest absolute Gasteiger partial charge is 0.267 e. The van der Waals surface area contributed by atoms with E-state index in [0.29, 0.717) is 0 Å². The first-order valence-electron chi connectivity index (χ1n) is 6.03. The van der Waals surface area contributed by atoms with E-state index in [-0.39, 0.29) is 21.9 Å². The maximum absolute atomic E-state index is 13.6. The topological polar surface area (TPSA) is 41.5 Å². The Hall–Kier alpha value is -2.27. The van der Waals surface area contributed by atoms with Crippen molar-refractivity contribution in [3.8, 4) is 0 Å². The fourth-order valence-corrected chi connectivity index (χ4v) is 1.90. The highest BCUT2D eigenvalue weighted by Gasteiger charge is 2.10. The zero-order valence-electron chi connectivity index (χ0n) is 11.0. The summed E-state index contributed by atoms with van der Waals surface area (Å²) in [5.74, 6) is -1.94. The third-order valence-corrected chi connectivity index (χ3v) is 3.09. The van der Waals surface area contributed by atoms with E-state index in [0.717, 1.165) is 12.1 Å². The van der Waals surface area contributed by atoms with Gasteiger partial charge < -0.3 is 0 Å². The lowest BCUT2D eigenvalue weighted by Crippen LogP contribution is -2.20. The van der Waals surface area contributed by atoms with E-state index in [1.165, 1.54) is 13.0 Å². The Kier molecular flexibility index (Phi) is 4.65. The summed E-state index contributed by atoms with van der Waals surface area (Å²) < 4.78 is 26.4. The molecule has 108 valence electrons. The summed E-state index contributed by atoms with van der Waals surface area (Å²) >= 11 is 5.88. The van der Waals surface area contributed by atoms with Crippen molar-refractivity contribution >= 4 is 23.2 Å². The average Bonchev–Trinajstić information content (AvgIpc) is 2.45. The minimum Gasteiger partial charge on any atom is -0.267 e. The van der Waals surface area contributed by atoms with Crippen LogP contribution in [-0.4, -0.2) is 11.6 Å². The van der Waals surface area contributed by atoms with E-state index in [1.54, 1.807) is 24.3 Å². The first kappa shape index (κ1) is 15.1. The van der Waals surface area contributed by atoms with Crippen molar-refractivity contribution < 1.29 is 13.6 Å². The number of rotatable bonds is 3. The van der Waals surface area contributed by atoms with Gasteiger partial charge in [-0.05, 0) is 31.2 Å². The summed E-state index contributed by atoms with van der Waals surface area (Å²) in [6.07, 6.45) is 0. The normalized spacial score (nSPS) is 11.3. The number of carbonyl (C=O) groups excluding carboxylic acids is 1. The van der Waals surface area contributed by atoms with Crippen LogP contribution in [0, 0.1) is 11.6 Å². The molecule has 1 amide bonds. The van der Waals surface area contributed by atoms with Crippen LogP contribution in [0.1, 0.15) is 22.8 Å². The second-order valence-corrected chi connectivity index (χ2v) is 4.65. The van der Waals surface area contributed by atoms with Crippen LogP contribution < -0.4 is 5.43 Å². The summed E-state index contributed by atoms with van der Waals surface area (Å²) in [5.41, 5.74) is 2.87. The predicted octanol–water partition coefficient (Wildman–Crippen LogP) is 3.77. The summed E-state index contributed by atoms with van der Waals surface area (Å²) in [6, 6.07) is 9.61. The highest BCUT2D eigenvalue weighted by Crippen LogP contribution is 2.15. The molecular formula is C15H11ClF2N2O. The van der Waals surface area contributed by atoms with Gasteiger partial charge in [0.2, 0.25) is 0 Å². The zero-order chi connectivity index (χ0) is 15.4. The van der Waals surface area contributed by atoms with Crippen molar-refractivity contribution in [1.82, 2.24) is 5.43 Å². The summed E-state index contributed by atoms with van der Waals surface area (Å²) in [4.78, 5) is 11.9. The molecule has 0 radical (unpaired) electrons. The maximum atomic E-state index is 13.6. The number of carbonyl (C=O) groups is 1. The Balaban J connectivity index is 2.17. The van der Waals surface area contributed by atoms with E-state index < -0.39 is 17.5 Å². The van der Waals surface area contributed by atoms with E-state index >= 15 is 0 Å². The SMILES string of the molecule is C/C(=N/NC(=O)c1ccccc1Cl)c1ccc(F)cc1F. The lowest BCUT2D eigenvalue weighted by atomic mass is 10.1. The number of nitrogens with zero attached hydrogens (tertiary/aromatic N) is 1. The van der Waals surface area contributed by atoms with Crippen LogP contribution in [0.15, 0.2) is 47.6 Å². The second kappa shape index (κ2) is 6.45. The van der Waals surface area contributed by atoms with Crippen molar-refractivity contribution in [2.24, 2.45) is 5.10 Å². The fourth-order valence-electron chi connectivity index (χ4n) is 1.68. The van der Waals surface area contributed by atoms with E-state index in [2.05, 4.69) is 10.5 Å². The first-order chi connectivity index (χ1) is 9.99. The Bertz CT molecular complexity index is 717. The molecule has 2 aromatic carbocycles. The van der Waals surface area contributed by atoms with Crippen LogP contribution in [0.3, 0.4) is 0 Å². The molecule has 0 spiro atoms.